The van der Waals surface area contributed by atoms with E-state index in [0.29, 0.717) is 12.8 Å². The Morgan fingerprint density at radius 1 is 1.22 bits per heavy atom. The normalized spacial score (nSPS) is 15.2. The lowest BCUT2D eigenvalue weighted by atomic mass is 10.2. The van der Waals surface area contributed by atoms with Crippen LogP contribution in [0.2, 0.25) is 0 Å². The van der Waals surface area contributed by atoms with E-state index in [0.717, 1.165) is 0 Å². The number of ether oxygens (including phenoxy) is 4. The molecule has 2 unspecified atom stereocenters. The minimum Gasteiger partial charge on any atom is -0.373 e. The molecule has 0 heterocycles. The van der Waals surface area contributed by atoms with E-state index in [1.165, 1.54) is 21.3 Å². The maximum absolute atomic E-state index is 10.9. The lowest BCUT2D eigenvalue weighted by molar-refractivity contribution is -0.413. The molecular weight excluding hydrogens is 240 g/mol. The van der Waals surface area contributed by atoms with E-state index in [2.05, 4.69) is 5.32 Å². The predicted octanol–water partition coefficient (Wildman–Crippen LogP) is 0.779. The molecule has 0 fully saturated rings. The second-order valence-corrected chi connectivity index (χ2v) is 3.67. The van der Waals surface area contributed by atoms with E-state index < -0.39 is 24.3 Å². The molecule has 108 valence electrons. The molecule has 0 aromatic heterocycles. The van der Waals surface area contributed by atoms with Crippen molar-refractivity contribution in [3.05, 3.63) is 0 Å². The van der Waals surface area contributed by atoms with Crippen LogP contribution in [0.3, 0.4) is 0 Å². The van der Waals surface area contributed by atoms with Gasteiger partial charge in [-0.25, -0.2) is 4.79 Å². The lowest BCUT2D eigenvalue weighted by Gasteiger charge is -2.38. The van der Waals surface area contributed by atoms with Crippen LogP contribution in [0.5, 0.6) is 0 Å². The van der Waals surface area contributed by atoms with E-state index in [1.54, 1.807) is 0 Å². The molecule has 0 saturated heterocycles. The monoisotopic (exact) mass is 264 g/mol. The molecule has 0 radical (unpaired) electrons. The van der Waals surface area contributed by atoms with Gasteiger partial charge in [0.2, 0.25) is 0 Å². The zero-order valence-corrected chi connectivity index (χ0v) is 11.7. The molecule has 0 bridgehead atoms. The third-order valence-electron chi connectivity index (χ3n) is 2.60. The van der Waals surface area contributed by atoms with Gasteiger partial charge >= 0.3 is 12.0 Å². The first-order valence-corrected chi connectivity index (χ1v) is 5.86. The second-order valence-electron chi connectivity index (χ2n) is 3.67. The SMILES string of the molecule is CCC(NC(N)=O)OC(OC)(OC)C(CC)OC. The Bertz CT molecular complexity index is 242. The van der Waals surface area contributed by atoms with Crippen LogP contribution in [0.4, 0.5) is 4.79 Å². The lowest BCUT2D eigenvalue weighted by Crippen LogP contribution is -2.54. The number of hydrogen-bond acceptors (Lipinski definition) is 5. The quantitative estimate of drug-likeness (QED) is 0.600. The Morgan fingerprint density at radius 2 is 1.78 bits per heavy atom. The van der Waals surface area contributed by atoms with Crippen LogP contribution < -0.4 is 11.1 Å². The molecule has 3 N–H and O–H groups in total. The highest BCUT2D eigenvalue weighted by molar-refractivity contribution is 5.71. The van der Waals surface area contributed by atoms with Crippen LogP contribution in [0.25, 0.3) is 0 Å². The van der Waals surface area contributed by atoms with E-state index >= 15 is 0 Å². The Labute approximate surface area is 108 Å². The summed E-state index contributed by atoms with van der Waals surface area (Å²) in [5.41, 5.74) is 5.07. The van der Waals surface area contributed by atoms with Gasteiger partial charge in [-0.1, -0.05) is 13.8 Å². The number of urea groups is 1. The van der Waals surface area contributed by atoms with Crippen molar-refractivity contribution in [1.82, 2.24) is 5.32 Å². The van der Waals surface area contributed by atoms with Crippen molar-refractivity contribution in [1.29, 1.82) is 0 Å². The molecule has 7 nitrogen and oxygen atoms in total. The number of carbonyl (C=O) groups is 1. The second kappa shape index (κ2) is 8.25. The molecule has 0 aliphatic carbocycles. The molecule has 0 saturated carbocycles. The van der Waals surface area contributed by atoms with Gasteiger partial charge in [-0.15, -0.1) is 0 Å². The molecule has 2 atom stereocenters. The van der Waals surface area contributed by atoms with Crippen molar-refractivity contribution >= 4 is 6.03 Å². The third kappa shape index (κ3) is 4.41. The summed E-state index contributed by atoms with van der Waals surface area (Å²) in [4.78, 5) is 10.9. The van der Waals surface area contributed by atoms with E-state index in [9.17, 15) is 4.79 Å². The van der Waals surface area contributed by atoms with E-state index in [-0.39, 0.29) is 0 Å². The predicted molar refractivity (Wildman–Crippen MR) is 65.7 cm³/mol. The average Bonchev–Trinajstić information content (AvgIpc) is 2.37. The largest absolute Gasteiger partial charge is 0.373 e. The number of rotatable bonds is 9. The van der Waals surface area contributed by atoms with Crippen molar-refractivity contribution in [2.24, 2.45) is 5.73 Å². The van der Waals surface area contributed by atoms with Crippen LogP contribution in [-0.2, 0) is 18.9 Å². The summed E-state index contributed by atoms with van der Waals surface area (Å²) >= 11 is 0. The molecule has 0 aliphatic rings. The highest BCUT2D eigenvalue weighted by Crippen LogP contribution is 2.25. The first kappa shape index (κ1) is 17.1. The van der Waals surface area contributed by atoms with Crippen LogP contribution >= 0.6 is 0 Å². The molecule has 0 aliphatic heterocycles. The van der Waals surface area contributed by atoms with Gasteiger partial charge in [0, 0.05) is 21.3 Å². The zero-order chi connectivity index (χ0) is 14.2. The minimum atomic E-state index is -1.38. The van der Waals surface area contributed by atoms with Crippen LogP contribution in [0, 0.1) is 0 Å². The summed E-state index contributed by atoms with van der Waals surface area (Å²) in [5.74, 6) is -1.38. The first-order valence-electron chi connectivity index (χ1n) is 5.86. The molecule has 0 rings (SSSR count). The van der Waals surface area contributed by atoms with E-state index in [4.69, 9.17) is 24.7 Å². The Balaban J connectivity index is 4.91. The van der Waals surface area contributed by atoms with Gasteiger partial charge in [-0.3, -0.25) is 0 Å². The maximum atomic E-state index is 10.9. The van der Waals surface area contributed by atoms with Crippen LogP contribution in [0.15, 0.2) is 0 Å². The Morgan fingerprint density at radius 3 is 2.06 bits per heavy atom. The fraction of sp³-hybridized carbons (Fsp3) is 0.909. The highest BCUT2D eigenvalue weighted by Gasteiger charge is 2.42. The van der Waals surface area contributed by atoms with Gasteiger partial charge in [0.1, 0.15) is 12.3 Å². The van der Waals surface area contributed by atoms with Gasteiger partial charge in [0.15, 0.2) is 0 Å². The number of nitrogens with two attached hydrogens (primary N) is 1. The van der Waals surface area contributed by atoms with Gasteiger partial charge in [-0.05, 0) is 12.8 Å². The summed E-state index contributed by atoms with van der Waals surface area (Å²) in [5, 5.41) is 2.46. The Kier molecular flexibility index (Phi) is 7.85. The number of carbonyl (C=O) groups excluding carboxylic acids is 1. The third-order valence-corrected chi connectivity index (χ3v) is 2.60. The summed E-state index contributed by atoms with van der Waals surface area (Å²) < 4.78 is 21.5. The van der Waals surface area contributed by atoms with Crippen molar-refractivity contribution < 1.29 is 23.7 Å². The van der Waals surface area contributed by atoms with Gasteiger partial charge < -0.3 is 30.0 Å². The standard InChI is InChI=1S/C11H24N2O5/c1-6-8(15-3)11(16-4,17-5)18-9(7-2)13-10(12)14/h8-9H,6-7H2,1-5H3,(H3,12,13,14). The summed E-state index contributed by atoms with van der Waals surface area (Å²) in [6.45, 7) is 3.75. The summed E-state index contributed by atoms with van der Waals surface area (Å²) in [6.07, 6.45) is 0.0748. The van der Waals surface area contributed by atoms with Crippen molar-refractivity contribution in [3.63, 3.8) is 0 Å². The van der Waals surface area contributed by atoms with Gasteiger partial charge in [-0.2, -0.15) is 0 Å². The highest BCUT2D eigenvalue weighted by atomic mass is 16.9. The fourth-order valence-corrected chi connectivity index (χ4v) is 1.65. The van der Waals surface area contributed by atoms with Crippen molar-refractivity contribution in [2.75, 3.05) is 21.3 Å². The molecule has 0 aromatic carbocycles. The zero-order valence-electron chi connectivity index (χ0n) is 11.7. The van der Waals surface area contributed by atoms with Gasteiger partial charge in [0.25, 0.3) is 0 Å². The average molecular weight is 264 g/mol. The fourth-order valence-electron chi connectivity index (χ4n) is 1.65. The molecular formula is C11H24N2O5. The number of amides is 2. The smallest absolute Gasteiger partial charge is 0.314 e. The van der Waals surface area contributed by atoms with Crippen LogP contribution in [0.1, 0.15) is 26.7 Å². The molecule has 2 amide bonds. The number of methoxy groups -OCH3 is 3. The summed E-state index contributed by atoms with van der Waals surface area (Å²) in [6, 6.07) is -0.673. The van der Waals surface area contributed by atoms with Crippen molar-refractivity contribution in [2.45, 2.75) is 45.0 Å². The first-order chi connectivity index (χ1) is 8.49. The molecule has 7 heteroatoms. The maximum Gasteiger partial charge on any atom is 0.314 e. The topological polar surface area (TPSA) is 92.0 Å². The number of primary amides is 1. The van der Waals surface area contributed by atoms with Crippen molar-refractivity contribution in [3.8, 4) is 0 Å². The molecule has 18 heavy (non-hydrogen) atoms. The number of nitrogens with one attached hydrogen (secondary N) is 1. The number of hydrogen-bond donors (Lipinski definition) is 2. The minimum absolute atomic E-state index is 0.434. The molecule has 0 aromatic rings. The van der Waals surface area contributed by atoms with Crippen LogP contribution in [-0.4, -0.2) is 45.7 Å². The summed E-state index contributed by atoms with van der Waals surface area (Å²) in [7, 11) is 4.43. The molecule has 0 spiro atoms. The van der Waals surface area contributed by atoms with E-state index in [1.807, 2.05) is 13.8 Å². The van der Waals surface area contributed by atoms with Gasteiger partial charge in [0.05, 0.1) is 0 Å². The Hall–Kier alpha value is -0.890.